The SMILES string of the molecule is C=CCN(C)C(=O)c1cc(Br)ccc1C. The van der Waals surface area contributed by atoms with Crippen molar-refractivity contribution in [1.82, 2.24) is 4.90 Å². The maximum absolute atomic E-state index is 12.0. The lowest BCUT2D eigenvalue weighted by Crippen LogP contribution is -2.27. The Hall–Kier alpha value is -1.09. The molecule has 1 aromatic rings. The molecule has 0 fully saturated rings. The van der Waals surface area contributed by atoms with Crippen LogP contribution in [0.4, 0.5) is 0 Å². The maximum atomic E-state index is 12.0. The number of aryl methyl sites for hydroxylation is 1. The Morgan fingerprint density at radius 2 is 2.27 bits per heavy atom. The van der Waals surface area contributed by atoms with Crippen molar-refractivity contribution in [3.63, 3.8) is 0 Å². The van der Waals surface area contributed by atoms with Gasteiger partial charge in [-0.05, 0) is 24.6 Å². The second-order valence-electron chi connectivity index (χ2n) is 3.43. The highest BCUT2D eigenvalue weighted by atomic mass is 79.9. The molecule has 1 aromatic carbocycles. The van der Waals surface area contributed by atoms with Crippen LogP contribution >= 0.6 is 15.9 Å². The van der Waals surface area contributed by atoms with Crippen molar-refractivity contribution in [1.29, 1.82) is 0 Å². The minimum atomic E-state index is 0.0219. The Labute approximate surface area is 98.7 Å². The molecule has 2 nitrogen and oxygen atoms in total. The van der Waals surface area contributed by atoms with Gasteiger partial charge in [-0.15, -0.1) is 6.58 Å². The molecule has 0 atom stereocenters. The molecule has 0 spiro atoms. The summed E-state index contributed by atoms with van der Waals surface area (Å²) in [6.45, 7) is 6.11. The third kappa shape index (κ3) is 2.93. The number of amides is 1. The predicted octanol–water partition coefficient (Wildman–Crippen LogP) is 3.02. The fourth-order valence-electron chi connectivity index (χ4n) is 1.31. The molecular weight excluding hydrogens is 254 g/mol. The van der Waals surface area contributed by atoms with E-state index in [0.717, 1.165) is 15.6 Å². The van der Waals surface area contributed by atoms with Crippen LogP contribution in [-0.2, 0) is 0 Å². The quantitative estimate of drug-likeness (QED) is 0.772. The smallest absolute Gasteiger partial charge is 0.254 e. The molecule has 0 bridgehead atoms. The van der Waals surface area contributed by atoms with Crippen molar-refractivity contribution in [3.05, 3.63) is 46.5 Å². The van der Waals surface area contributed by atoms with Crippen LogP contribution in [0, 0.1) is 6.92 Å². The fraction of sp³-hybridized carbons (Fsp3) is 0.250. The highest BCUT2D eigenvalue weighted by Gasteiger charge is 2.12. The van der Waals surface area contributed by atoms with E-state index in [1.807, 2.05) is 25.1 Å². The number of likely N-dealkylation sites (N-methyl/N-ethyl adjacent to an activating group) is 1. The van der Waals surface area contributed by atoms with Crippen LogP contribution in [0.1, 0.15) is 15.9 Å². The van der Waals surface area contributed by atoms with Gasteiger partial charge in [0.05, 0.1) is 0 Å². The number of carbonyl (C=O) groups excluding carboxylic acids is 1. The highest BCUT2D eigenvalue weighted by Crippen LogP contribution is 2.17. The zero-order chi connectivity index (χ0) is 11.4. The minimum Gasteiger partial charge on any atom is -0.338 e. The maximum Gasteiger partial charge on any atom is 0.254 e. The summed E-state index contributed by atoms with van der Waals surface area (Å²) in [6, 6.07) is 5.70. The Morgan fingerprint density at radius 1 is 1.60 bits per heavy atom. The number of hydrogen-bond acceptors (Lipinski definition) is 1. The number of rotatable bonds is 3. The molecule has 0 radical (unpaired) electrons. The third-order valence-electron chi connectivity index (χ3n) is 2.18. The average Bonchev–Trinajstić information content (AvgIpc) is 2.21. The molecule has 1 amide bonds. The van der Waals surface area contributed by atoms with Crippen molar-refractivity contribution < 1.29 is 4.79 Å². The zero-order valence-corrected chi connectivity index (χ0v) is 10.5. The summed E-state index contributed by atoms with van der Waals surface area (Å²) in [4.78, 5) is 13.6. The van der Waals surface area contributed by atoms with Crippen molar-refractivity contribution in [3.8, 4) is 0 Å². The van der Waals surface area contributed by atoms with Gasteiger partial charge in [0, 0.05) is 23.6 Å². The van der Waals surface area contributed by atoms with Crippen LogP contribution in [0.3, 0.4) is 0 Å². The lowest BCUT2D eigenvalue weighted by Gasteiger charge is -2.16. The van der Waals surface area contributed by atoms with Crippen LogP contribution in [0.15, 0.2) is 35.3 Å². The second kappa shape index (κ2) is 5.12. The van der Waals surface area contributed by atoms with E-state index in [4.69, 9.17) is 0 Å². The fourth-order valence-corrected chi connectivity index (χ4v) is 1.67. The second-order valence-corrected chi connectivity index (χ2v) is 4.35. The Kier molecular flexibility index (Phi) is 4.09. The van der Waals surface area contributed by atoms with E-state index in [2.05, 4.69) is 22.5 Å². The van der Waals surface area contributed by atoms with Crippen LogP contribution < -0.4 is 0 Å². The molecule has 0 unspecified atom stereocenters. The molecule has 3 heteroatoms. The summed E-state index contributed by atoms with van der Waals surface area (Å²) < 4.78 is 0.920. The standard InChI is InChI=1S/C12H14BrNO/c1-4-7-14(3)12(15)11-8-10(13)6-5-9(11)2/h4-6,8H,1,7H2,2-3H3. The van der Waals surface area contributed by atoms with Crippen LogP contribution in [0.25, 0.3) is 0 Å². The lowest BCUT2D eigenvalue weighted by atomic mass is 10.1. The summed E-state index contributed by atoms with van der Waals surface area (Å²) in [5.74, 6) is 0.0219. The van der Waals surface area contributed by atoms with Gasteiger partial charge in [0.1, 0.15) is 0 Å². The molecule has 1 rings (SSSR count). The number of halogens is 1. The number of benzene rings is 1. The molecule has 15 heavy (non-hydrogen) atoms. The van der Waals surface area contributed by atoms with Gasteiger partial charge in [0.2, 0.25) is 0 Å². The molecule has 0 aliphatic carbocycles. The van der Waals surface area contributed by atoms with E-state index < -0.39 is 0 Å². The summed E-state index contributed by atoms with van der Waals surface area (Å²) in [6.07, 6.45) is 1.71. The lowest BCUT2D eigenvalue weighted by molar-refractivity contribution is 0.0809. The van der Waals surface area contributed by atoms with E-state index >= 15 is 0 Å². The van der Waals surface area contributed by atoms with Gasteiger partial charge in [0.15, 0.2) is 0 Å². The third-order valence-corrected chi connectivity index (χ3v) is 2.67. The van der Waals surface area contributed by atoms with E-state index in [9.17, 15) is 4.79 Å². The van der Waals surface area contributed by atoms with E-state index in [1.54, 1.807) is 18.0 Å². The summed E-state index contributed by atoms with van der Waals surface area (Å²) in [5.41, 5.74) is 1.72. The number of carbonyl (C=O) groups is 1. The van der Waals surface area contributed by atoms with Gasteiger partial charge in [0.25, 0.3) is 5.91 Å². The van der Waals surface area contributed by atoms with Crippen LogP contribution in [0.5, 0.6) is 0 Å². The van der Waals surface area contributed by atoms with Gasteiger partial charge in [-0.3, -0.25) is 4.79 Å². The number of nitrogens with zero attached hydrogens (tertiary/aromatic N) is 1. The predicted molar refractivity (Wildman–Crippen MR) is 66.0 cm³/mol. The Balaban J connectivity index is 2.99. The van der Waals surface area contributed by atoms with Crippen molar-refractivity contribution in [2.75, 3.05) is 13.6 Å². The molecule has 0 aliphatic heterocycles. The van der Waals surface area contributed by atoms with Crippen LogP contribution in [0.2, 0.25) is 0 Å². The summed E-state index contributed by atoms with van der Waals surface area (Å²) >= 11 is 3.36. The first-order valence-corrected chi connectivity index (χ1v) is 5.48. The molecular formula is C12H14BrNO. The Morgan fingerprint density at radius 3 is 2.87 bits per heavy atom. The first-order chi connectivity index (χ1) is 7.06. The van der Waals surface area contributed by atoms with Gasteiger partial charge in [-0.1, -0.05) is 28.1 Å². The first kappa shape index (κ1) is 12.0. The van der Waals surface area contributed by atoms with E-state index in [1.165, 1.54) is 0 Å². The van der Waals surface area contributed by atoms with Gasteiger partial charge < -0.3 is 4.90 Å². The van der Waals surface area contributed by atoms with Gasteiger partial charge in [-0.25, -0.2) is 0 Å². The Bertz CT molecular complexity index is 387. The molecule has 0 aromatic heterocycles. The molecule has 0 aliphatic rings. The van der Waals surface area contributed by atoms with Crippen molar-refractivity contribution in [2.24, 2.45) is 0 Å². The van der Waals surface area contributed by atoms with Gasteiger partial charge >= 0.3 is 0 Å². The largest absolute Gasteiger partial charge is 0.338 e. The van der Waals surface area contributed by atoms with Crippen LogP contribution in [-0.4, -0.2) is 24.4 Å². The molecule has 0 saturated heterocycles. The molecule has 80 valence electrons. The van der Waals surface area contributed by atoms with Crippen molar-refractivity contribution >= 4 is 21.8 Å². The monoisotopic (exact) mass is 267 g/mol. The molecule has 0 N–H and O–H groups in total. The van der Waals surface area contributed by atoms with E-state index in [0.29, 0.717) is 6.54 Å². The highest BCUT2D eigenvalue weighted by molar-refractivity contribution is 9.10. The van der Waals surface area contributed by atoms with Crippen molar-refractivity contribution in [2.45, 2.75) is 6.92 Å². The van der Waals surface area contributed by atoms with E-state index in [-0.39, 0.29) is 5.91 Å². The normalized spacial score (nSPS) is 9.80. The summed E-state index contributed by atoms with van der Waals surface area (Å²) in [7, 11) is 1.77. The average molecular weight is 268 g/mol. The first-order valence-electron chi connectivity index (χ1n) is 4.68. The molecule has 0 saturated carbocycles. The van der Waals surface area contributed by atoms with Gasteiger partial charge in [-0.2, -0.15) is 0 Å². The topological polar surface area (TPSA) is 20.3 Å². The zero-order valence-electron chi connectivity index (χ0n) is 8.96. The number of hydrogen-bond donors (Lipinski definition) is 0. The minimum absolute atomic E-state index is 0.0219. The molecule has 0 heterocycles. The summed E-state index contributed by atoms with van der Waals surface area (Å²) in [5, 5.41) is 0.